The molecule has 0 heterocycles. The van der Waals surface area contributed by atoms with Crippen LogP contribution in [0.15, 0.2) is 30.3 Å². The molecule has 1 N–H and O–H groups in total. The molecule has 0 aliphatic carbocycles. The quantitative estimate of drug-likeness (QED) is 0.526. The lowest BCUT2D eigenvalue weighted by atomic mass is 9.83. The van der Waals surface area contributed by atoms with Crippen molar-refractivity contribution in [2.45, 2.75) is 72.1 Å². The molecule has 6 heteroatoms. The molecule has 2 rings (SSSR count). The zero-order valence-electron chi connectivity index (χ0n) is 18.7. The van der Waals surface area contributed by atoms with E-state index in [2.05, 4.69) is 25.7 Å². The molecule has 0 unspecified atom stereocenters. The number of halogens is 4. The predicted molar refractivity (Wildman–Crippen MR) is 118 cm³/mol. The first-order valence-corrected chi connectivity index (χ1v) is 10.4. The Morgan fingerprint density at radius 2 is 1.57 bits per heavy atom. The molecule has 0 amide bonds. The summed E-state index contributed by atoms with van der Waals surface area (Å²) in [6.07, 6.45) is -4.57. The molecule has 166 valence electrons. The minimum atomic E-state index is -4.57. The minimum absolute atomic E-state index is 0.00106. The highest BCUT2D eigenvalue weighted by Crippen LogP contribution is 2.42. The van der Waals surface area contributed by atoms with Gasteiger partial charge < -0.3 is 5.11 Å². The second-order valence-electron chi connectivity index (χ2n) is 9.66. The van der Waals surface area contributed by atoms with E-state index >= 15 is 0 Å². The first-order valence-electron chi connectivity index (χ1n) is 10.0. The van der Waals surface area contributed by atoms with Crippen LogP contribution in [0.5, 0.6) is 5.75 Å². The van der Waals surface area contributed by atoms with Gasteiger partial charge >= 0.3 is 6.18 Å². The van der Waals surface area contributed by atoms with Gasteiger partial charge in [0.25, 0.3) is 0 Å². The summed E-state index contributed by atoms with van der Waals surface area (Å²) in [5.74, 6) is 0.00106. The van der Waals surface area contributed by atoms with Crippen LogP contribution in [0.2, 0.25) is 5.02 Å². The van der Waals surface area contributed by atoms with E-state index < -0.39 is 11.7 Å². The van der Waals surface area contributed by atoms with E-state index in [0.717, 1.165) is 18.2 Å². The number of aromatic hydroxyl groups is 1. The highest BCUT2D eigenvalue weighted by Gasteiger charge is 2.34. The van der Waals surface area contributed by atoms with Gasteiger partial charge in [-0.25, -0.2) is 0 Å². The maximum absolute atomic E-state index is 13.4. The van der Waals surface area contributed by atoms with Gasteiger partial charge in [-0.05, 0) is 62.1 Å². The van der Waals surface area contributed by atoms with Crippen LogP contribution in [0.3, 0.4) is 0 Å². The number of hydrogen-bond donors (Lipinski definition) is 1. The Morgan fingerprint density at radius 3 is 2.03 bits per heavy atom. The number of nitrogens with zero attached hydrogens (tertiary/aromatic N) is 1. The van der Waals surface area contributed by atoms with Crippen LogP contribution >= 0.6 is 11.6 Å². The summed E-state index contributed by atoms with van der Waals surface area (Å²) in [7, 11) is 0. The fraction of sp³-hybridized carbons (Fsp3) is 0.500. The number of benzene rings is 2. The third-order valence-electron chi connectivity index (χ3n) is 5.33. The van der Waals surface area contributed by atoms with Crippen molar-refractivity contribution in [2.75, 3.05) is 6.54 Å². The first-order chi connectivity index (χ1) is 13.6. The second kappa shape index (κ2) is 8.43. The number of alkyl halides is 3. The molecule has 0 saturated carbocycles. The summed E-state index contributed by atoms with van der Waals surface area (Å²) in [6.45, 7) is 15.7. The maximum atomic E-state index is 13.4. The largest absolute Gasteiger partial charge is 0.507 e. The predicted octanol–water partition coefficient (Wildman–Crippen LogP) is 7.65. The molecule has 0 aliphatic rings. The molecule has 0 bridgehead atoms. The van der Waals surface area contributed by atoms with Crippen molar-refractivity contribution < 1.29 is 18.3 Å². The van der Waals surface area contributed by atoms with Gasteiger partial charge in [0.05, 0.1) is 10.6 Å². The van der Waals surface area contributed by atoms with Crippen molar-refractivity contribution in [2.24, 2.45) is 0 Å². The van der Waals surface area contributed by atoms with E-state index in [0.29, 0.717) is 17.7 Å². The van der Waals surface area contributed by atoms with Gasteiger partial charge in [0.2, 0.25) is 0 Å². The Balaban J connectivity index is 2.72. The lowest BCUT2D eigenvalue weighted by Gasteiger charge is -2.35. The summed E-state index contributed by atoms with van der Waals surface area (Å²) in [5.41, 5.74) is 1.03. The lowest BCUT2D eigenvalue weighted by molar-refractivity contribution is -0.137. The van der Waals surface area contributed by atoms with E-state index in [1.807, 2.05) is 33.8 Å². The Hall–Kier alpha value is -1.72. The third kappa shape index (κ3) is 5.50. The number of phenols is 1. The van der Waals surface area contributed by atoms with Crippen LogP contribution in [0.1, 0.15) is 65.2 Å². The normalized spacial score (nSPS) is 13.2. The van der Waals surface area contributed by atoms with Crippen molar-refractivity contribution in [1.82, 2.24) is 4.90 Å². The van der Waals surface area contributed by atoms with Crippen LogP contribution < -0.4 is 0 Å². The molecule has 0 atom stereocenters. The Labute approximate surface area is 182 Å². The van der Waals surface area contributed by atoms with Gasteiger partial charge in [0.1, 0.15) is 5.75 Å². The summed E-state index contributed by atoms with van der Waals surface area (Å²) in [5, 5.41) is 10.7. The molecular weight excluding hydrogens is 411 g/mol. The SMILES string of the molecule is CCN(Cc1cc(C(C)(C)C)cc(-c2ccc(Cl)c(C(F)(F)F)c2)c1O)C(C)(C)C. The van der Waals surface area contributed by atoms with Crippen LogP contribution in [-0.4, -0.2) is 22.1 Å². The van der Waals surface area contributed by atoms with Crippen molar-refractivity contribution >= 4 is 11.6 Å². The van der Waals surface area contributed by atoms with Gasteiger partial charge in [-0.15, -0.1) is 0 Å². The average molecular weight is 442 g/mol. The van der Waals surface area contributed by atoms with Gasteiger partial charge in [-0.1, -0.05) is 51.4 Å². The molecule has 30 heavy (non-hydrogen) atoms. The first kappa shape index (κ1) is 24.5. The lowest BCUT2D eigenvalue weighted by Crippen LogP contribution is -2.40. The summed E-state index contributed by atoms with van der Waals surface area (Å²) < 4.78 is 40.2. The van der Waals surface area contributed by atoms with E-state index in [1.54, 1.807) is 6.07 Å². The number of phenolic OH excluding ortho intramolecular Hbond substituents is 1. The molecule has 0 fully saturated rings. The monoisotopic (exact) mass is 441 g/mol. The van der Waals surface area contributed by atoms with Gasteiger partial charge in [-0.3, -0.25) is 4.90 Å². The number of hydrogen-bond acceptors (Lipinski definition) is 2. The van der Waals surface area contributed by atoms with Crippen molar-refractivity contribution in [1.29, 1.82) is 0 Å². The fourth-order valence-corrected chi connectivity index (χ4v) is 3.63. The molecule has 2 aromatic carbocycles. The van der Waals surface area contributed by atoms with Crippen LogP contribution in [0.25, 0.3) is 11.1 Å². The second-order valence-corrected chi connectivity index (χ2v) is 10.1. The Morgan fingerprint density at radius 1 is 0.967 bits per heavy atom. The molecule has 0 aliphatic heterocycles. The van der Waals surface area contributed by atoms with Gasteiger partial charge in [-0.2, -0.15) is 13.2 Å². The summed E-state index contributed by atoms with van der Waals surface area (Å²) in [4.78, 5) is 2.21. The Kier molecular flexibility index (Phi) is 6.90. The van der Waals surface area contributed by atoms with E-state index in [1.165, 1.54) is 12.1 Å². The zero-order chi connectivity index (χ0) is 23.1. The van der Waals surface area contributed by atoms with Crippen molar-refractivity contribution in [3.63, 3.8) is 0 Å². The molecule has 0 saturated heterocycles. The third-order valence-corrected chi connectivity index (χ3v) is 5.66. The highest BCUT2D eigenvalue weighted by molar-refractivity contribution is 6.31. The standard InChI is InChI=1S/C24H31ClF3NO/c1-8-29(23(5,6)7)14-16-11-17(22(2,3)4)13-18(21(16)30)15-9-10-20(25)19(12-15)24(26,27)28/h9-13,30H,8,14H2,1-7H3. The molecule has 2 aromatic rings. The summed E-state index contributed by atoms with van der Waals surface area (Å²) in [6, 6.07) is 7.48. The van der Waals surface area contributed by atoms with Crippen molar-refractivity contribution in [3.8, 4) is 16.9 Å². The smallest absolute Gasteiger partial charge is 0.417 e. The maximum Gasteiger partial charge on any atom is 0.417 e. The molecular formula is C24H31ClF3NO. The minimum Gasteiger partial charge on any atom is -0.507 e. The topological polar surface area (TPSA) is 23.5 Å². The van der Waals surface area contributed by atoms with E-state index in [9.17, 15) is 18.3 Å². The molecule has 0 radical (unpaired) electrons. The summed E-state index contributed by atoms with van der Waals surface area (Å²) >= 11 is 5.79. The molecule has 0 aromatic heterocycles. The van der Waals surface area contributed by atoms with Crippen molar-refractivity contribution in [3.05, 3.63) is 52.0 Å². The van der Waals surface area contributed by atoms with Gasteiger partial charge in [0, 0.05) is 23.2 Å². The van der Waals surface area contributed by atoms with Gasteiger partial charge in [0.15, 0.2) is 0 Å². The average Bonchev–Trinajstić information content (AvgIpc) is 2.58. The van der Waals surface area contributed by atoms with Crippen LogP contribution in [0.4, 0.5) is 13.2 Å². The fourth-order valence-electron chi connectivity index (χ4n) is 3.41. The van der Waals surface area contributed by atoms with Crippen LogP contribution in [0, 0.1) is 0 Å². The Bertz CT molecular complexity index is 908. The highest BCUT2D eigenvalue weighted by atomic mass is 35.5. The zero-order valence-corrected chi connectivity index (χ0v) is 19.5. The van der Waals surface area contributed by atoms with E-state index in [-0.39, 0.29) is 27.3 Å². The number of rotatable bonds is 4. The van der Waals surface area contributed by atoms with E-state index in [4.69, 9.17) is 11.6 Å². The molecule has 2 nitrogen and oxygen atoms in total. The van der Waals surface area contributed by atoms with Crippen LogP contribution in [-0.2, 0) is 18.1 Å². The molecule has 0 spiro atoms.